The van der Waals surface area contributed by atoms with Gasteiger partial charge in [-0.05, 0) is 55.3 Å². The van der Waals surface area contributed by atoms with Crippen LogP contribution in [0.1, 0.15) is 27.3 Å². The van der Waals surface area contributed by atoms with Crippen molar-refractivity contribution in [3.8, 4) is 5.75 Å². The number of phenolic OH excluding ortho intramolecular Hbond substituents is 1. The number of carbonyl (C=O) groups is 1. The predicted octanol–water partition coefficient (Wildman–Crippen LogP) is 3.97. The third-order valence-corrected chi connectivity index (χ3v) is 4.91. The van der Waals surface area contributed by atoms with Gasteiger partial charge < -0.3 is 21.5 Å². The number of aromatic hydroxyl groups is 1. The first kappa shape index (κ1) is 21.8. The number of nitrogens with one attached hydrogen (secondary N) is 2. The van der Waals surface area contributed by atoms with Gasteiger partial charge in [0.1, 0.15) is 17.2 Å². The van der Waals surface area contributed by atoms with Crippen LogP contribution in [-0.4, -0.2) is 27.5 Å². The van der Waals surface area contributed by atoms with Gasteiger partial charge in [-0.1, -0.05) is 35.3 Å². The summed E-state index contributed by atoms with van der Waals surface area (Å²) in [6.07, 6.45) is 2.07. The maximum atomic E-state index is 11.7. The molecular weight excluding hydrogens is 425 g/mol. The Bertz CT molecular complexity index is 1050. The summed E-state index contributed by atoms with van der Waals surface area (Å²) in [5.41, 5.74) is 8.44. The lowest BCUT2D eigenvalue weighted by atomic mass is 10.1. The number of amides is 1. The normalized spacial score (nSPS) is 10.8. The summed E-state index contributed by atoms with van der Waals surface area (Å²) in [4.78, 5) is 20.4. The molecule has 2 aromatic carbocycles. The number of rotatable bonds is 8. The van der Waals surface area contributed by atoms with Crippen molar-refractivity contribution in [2.75, 3.05) is 11.9 Å². The van der Waals surface area contributed by atoms with Crippen LogP contribution in [0.2, 0.25) is 10.0 Å². The molecule has 0 spiro atoms. The number of anilines is 2. The Hall–Kier alpha value is -2.87. The zero-order chi connectivity index (χ0) is 21.7. The van der Waals surface area contributed by atoms with Gasteiger partial charge in [-0.2, -0.15) is 0 Å². The van der Waals surface area contributed by atoms with Crippen LogP contribution in [0, 0.1) is 6.92 Å². The second-order valence-electron chi connectivity index (χ2n) is 6.74. The molecule has 30 heavy (non-hydrogen) atoms. The van der Waals surface area contributed by atoms with Crippen LogP contribution in [0.5, 0.6) is 5.75 Å². The van der Waals surface area contributed by atoms with E-state index in [-0.39, 0.29) is 21.4 Å². The third-order valence-electron chi connectivity index (χ3n) is 4.34. The van der Waals surface area contributed by atoms with Crippen molar-refractivity contribution in [2.24, 2.45) is 5.73 Å². The highest BCUT2D eigenvalue weighted by molar-refractivity contribution is 6.37. The lowest BCUT2D eigenvalue weighted by molar-refractivity contribution is 0.100. The number of aryl methyl sites for hydroxylation is 1. The first-order chi connectivity index (χ1) is 14.3. The van der Waals surface area contributed by atoms with E-state index in [0.29, 0.717) is 31.2 Å². The van der Waals surface area contributed by atoms with Crippen LogP contribution in [0.4, 0.5) is 11.5 Å². The highest BCUT2D eigenvalue weighted by Gasteiger charge is 2.13. The molecule has 0 aliphatic carbocycles. The predicted molar refractivity (Wildman–Crippen MR) is 119 cm³/mol. The summed E-state index contributed by atoms with van der Waals surface area (Å²) in [5.74, 6) is 0.145. The second-order valence-corrected chi connectivity index (χ2v) is 7.56. The molecule has 0 unspecified atom stereocenters. The molecule has 7 nitrogen and oxygen atoms in total. The molecule has 1 heterocycles. The molecule has 3 aromatic rings. The first-order valence-corrected chi connectivity index (χ1v) is 9.96. The SMILES string of the molecule is Cc1cccc(Nc2nc(CNCCc3cc(Cl)c(O)c(Cl)c3)ncc2C(N)=O)c1. The van der Waals surface area contributed by atoms with E-state index in [2.05, 4.69) is 20.6 Å². The smallest absolute Gasteiger partial charge is 0.254 e. The number of phenols is 1. The number of nitrogens with two attached hydrogens (primary N) is 1. The average molecular weight is 446 g/mol. The van der Waals surface area contributed by atoms with Crippen molar-refractivity contribution in [3.63, 3.8) is 0 Å². The molecule has 0 saturated heterocycles. The van der Waals surface area contributed by atoms with Crippen molar-refractivity contribution >= 4 is 40.6 Å². The largest absolute Gasteiger partial charge is 0.505 e. The van der Waals surface area contributed by atoms with Gasteiger partial charge in [0.05, 0.1) is 16.6 Å². The van der Waals surface area contributed by atoms with E-state index < -0.39 is 5.91 Å². The zero-order valence-electron chi connectivity index (χ0n) is 16.2. The lowest BCUT2D eigenvalue weighted by Crippen LogP contribution is -2.20. The summed E-state index contributed by atoms with van der Waals surface area (Å²) < 4.78 is 0. The number of carbonyl (C=O) groups excluding carboxylic acids is 1. The fourth-order valence-corrected chi connectivity index (χ4v) is 3.37. The molecule has 1 aromatic heterocycles. The Balaban J connectivity index is 1.65. The van der Waals surface area contributed by atoms with Crippen molar-refractivity contribution in [3.05, 3.63) is 75.2 Å². The minimum Gasteiger partial charge on any atom is -0.505 e. The van der Waals surface area contributed by atoms with E-state index in [9.17, 15) is 9.90 Å². The number of nitrogens with zero attached hydrogens (tertiary/aromatic N) is 2. The Morgan fingerprint density at radius 2 is 1.93 bits per heavy atom. The van der Waals surface area contributed by atoms with E-state index in [0.717, 1.165) is 16.8 Å². The van der Waals surface area contributed by atoms with Crippen molar-refractivity contribution < 1.29 is 9.90 Å². The fourth-order valence-electron chi connectivity index (χ4n) is 2.83. The van der Waals surface area contributed by atoms with Crippen LogP contribution in [0.3, 0.4) is 0 Å². The molecule has 0 bridgehead atoms. The van der Waals surface area contributed by atoms with Gasteiger partial charge in [0.15, 0.2) is 5.75 Å². The number of benzene rings is 2. The molecule has 0 fully saturated rings. The third kappa shape index (κ3) is 5.60. The molecule has 9 heteroatoms. The summed E-state index contributed by atoms with van der Waals surface area (Å²) in [5, 5.41) is 16.4. The van der Waals surface area contributed by atoms with Crippen LogP contribution in [0.15, 0.2) is 42.6 Å². The van der Waals surface area contributed by atoms with Gasteiger partial charge in [-0.15, -0.1) is 0 Å². The van der Waals surface area contributed by atoms with Crippen LogP contribution < -0.4 is 16.4 Å². The number of hydrogen-bond donors (Lipinski definition) is 4. The Morgan fingerprint density at radius 3 is 2.60 bits per heavy atom. The van der Waals surface area contributed by atoms with Gasteiger partial charge in [-0.25, -0.2) is 9.97 Å². The van der Waals surface area contributed by atoms with Crippen LogP contribution in [-0.2, 0) is 13.0 Å². The van der Waals surface area contributed by atoms with E-state index in [1.165, 1.54) is 6.20 Å². The molecule has 0 atom stereocenters. The van der Waals surface area contributed by atoms with Gasteiger partial charge in [0.2, 0.25) is 0 Å². The quantitative estimate of drug-likeness (QED) is 0.390. The van der Waals surface area contributed by atoms with E-state index in [1.807, 2.05) is 31.2 Å². The van der Waals surface area contributed by atoms with Crippen molar-refractivity contribution in [2.45, 2.75) is 19.9 Å². The summed E-state index contributed by atoms with van der Waals surface area (Å²) in [6.45, 7) is 2.98. The maximum absolute atomic E-state index is 11.7. The van der Waals surface area contributed by atoms with Crippen LogP contribution in [0.25, 0.3) is 0 Å². The first-order valence-electron chi connectivity index (χ1n) is 9.20. The fraction of sp³-hybridized carbons (Fsp3) is 0.190. The van der Waals surface area contributed by atoms with E-state index in [1.54, 1.807) is 12.1 Å². The number of halogens is 2. The molecule has 1 amide bonds. The van der Waals surface area contributed by atoms with Gasteiger partial charge in [0.25, 0.3) is 5.91 Å². The molecule has 0 aliphatic heterocycles. The molecule has 156 valence electrons. The van der Waals surface area contributed by atoms with Crippen molar-refractivity contribution in [1.29, 1.82) is 0 Å². The van der Waals surface area contributed by atoms with E-state index >= 15 is 0 Å². The highest BCUT2D eigenvalue weighted by atomic mass is 35.5. The molecule has 0 aliphatic rings. The summed E-state index contributed by atoms with van der Waals surface area (Å²) >= 11 is 11.9. The number of aromatic nitrogens is 2. The van der Waals surface area contributed by atoms with Crippen LogP contribution >= 0.6 is 23.2 Å². The topological polar surface area (TPSA) is 113 Å². The minimum absolute atomic E-state index is 0.119. The number of hydrogen-bond acceptors (Lipinski definition) is 6. The molecule has 5 N–H and O–H groups in total. The number of primary amides is 1. The van der Waals surface area contributed by atoms with Crippen molar-refractivity contribution in [1.82, 2.24) is 15.3 Å². The summed E-state index contributed by atoms with van der Waals surface area (Å²) in [7, 11) is 0. The van der Waals surface area contributed by atoms with Gasteiger partial charge in [-0.3, -0.25) is 4.79 Å². The Labute approximate surface area is 184 Å². The molecule has 0 radical (unpaired) electrons. The summed E-state index contributed by atoms with van der Waals surface area (Å²) in [6, 6.07) is 11.1. The lowest BCUT2D eigenvalue weighted by Gasteiger charge is -2.12. The Morgan fingerprint density at radius 1 is 1.20 bits per heavy atom. The zero-order valence-corrected chi connectivity index (χ0v) is 17.8. The van der Waals surface area contributed by atoms with Gasteiger partial charge in [0, 0.05) is 11.9 Å². The molecule has 0 saturated carbocycles. The monoisotopic (exact) mass is 445 g/mol. The molecular formula is C21H21Cl2N5O2. The average Bonchev–Trinajstić information content (AvgIpc) is 2.69. The molecule has 3 rings (SSSR count). The highest BCUT2D eigenvalue weighted by Crippen LogP contribution is 2.32. The Kier molecular flexibility index (Phi) is 7.10. The van der Waals surface area contributed by atoms with E-state index in [4.69, 9.17) is 28.9 Å². The maximum Gasteiger partial charge on any atom is 0.254 e. The second kappa shape index (κ2) is 9.75. The minimum atomic E-state index is -0.606. The van der Waals surface area contributed by atoms with Gasteiger partial charge >= 0.3 is 0 Å². The standard InChI is InChI=1S/C21H21Cl2N5O2/c1-12-3-2-4-14(7-12)27-21-15(20(24)30)10-26-18(28-21)11-25-6-5-13-8-16(22)19(29)17(23)9-13/h2-4,7-10,25,29H,5-6,11H2,1H3,(H2,24,30)(H,26,27,28).